The number of hydrogen-bond donors (Lipinski definition) is 0. The fraction of sp³-hybridized carbons (Fsp3) is 0.391. The van der Waals surface area contributed by atoms with Gasteiger partial charge in [0.25, 0.3) is 0 Å². The number of thioether (sulfide) groups is 1. The van der Waals surface area contributed by atoms with Crippen molar-refractivity contribution >= 4 is 56.0 Å². The monoisotopic (exact) mass is 493 g/mol. The minimum absolute atomic E-state index is 0.00732. The minimum atomic E-state index is -0.357. The Labute approximate surface area is 200 Å². The van der Waals surface area contributed by atoms with Crippen molar-refractivity contribution in [1.29, 1.82) is 0 Å². The molecule has 0 saturated carbocycles. The van der Waals surface area contributed by atoms with Gasteiger partial charge in [-0.25, -0.2) is 9.37 Å². The Hall–Kier alpha value is -1.71. The average Bonchev–Trinajstić information content (AvgIpc) is 3.24. The number of ether oxygens (including phenoxy) is 1. The Morgan fingerprint density at radius 1 is 1.22 bits per heavy atom. The number of amides is 1. The maximum Gasteiger partial charge on any atom is 0.229 e. The van der Waals surface area contributed by atoms with Crippen LogP contribution in [-0.4, -0.2) is 60.9 Å². The molecule has 2 heterocycles. The third-order valence-corrected chi connectivity index (χ3v) is 7.56. The number of morpholine rings is 1. The quantitative estimate of drug-likeness (QED) is 0.377. The van der Waals surface area contributed by atoms with Crippen LogP contribution in [0.25, 0.3) is 10.2 Å². The van der Waals surface area contributed by atoms with E-state index in [9.17, 15) is 9.18 Å². The minimum Gasteiger partial charge on any atom is -0.379 e. The number of nitrogens with zero attached hydrogens (tertiary/aromatic N) is 3. The van der Waals surface area contributed by atoms with E-state index in [0.29, 0.717) is 34.4 Å². The van der Waals surface area contributed by atoms with Gasteiger partial charge in [0.1, 0.15) is 11.3 Å². The summed E-state index contributed by atoms with van der Waals surface area (Å²) in [5.41, 5.74) is 0.328. The summed E-state index contributed by atoms with van der Waals surface area (Å²) in [5, 5.41) is 1.26. The van der Waals surface area contributed by atoms with Gasteiger partial charge in [0.05, 0.1) is 17.9 Å². The molecule has 1 aromatic heterocycles. The van der Waals surface area contributed by atoms with Crippen LogP contribution in [-0.2, 0) is 9.53 Å². The Bertz CT molecular complexity index is 1040. The normalized spacial score (nSPS) is 14.7. The predicted octanol–water partition coefficient (Wildman–Crippen LogP) is 5.33. The largest absolute Gasteiger partial charge is 0.379 e. The van der Waals surface area contributed by atoms with Crippen molar-refractivity contribution in [3.63, 3.8) is 0 Å². The van der Waals surface area contributed by atoms with Crippen LogP contribution in [0.1, 0.15) is 12.8 Å². The molecule has 0 N–H and O–H groups in total. The van der Waals surface area contributed by atoms with Gasteiger partial charge < -0.3 is 4.74 Å². The Balaban J connectivity index is 1.42. The van der Waals surface area contributed by atoms with E-state index in [-0.39, 0.29) is 11.7 Å². The number of hydrogen-bond acceptors (Lipinski definition) is 6. The van der Waals surface area contributed by atoms with Gasteiger partial charge >= 0.3 is 0 Å². The summed E-state index contributed by atoms with van der Waals surface area (Å²) in [7, 11) is 0. The highest BCUT2D eigenvalue weighted by molar-refractivity contribution is 7.99. The number of rotatable bonds is 9. The van der Waals surface area contributed by atoms with Gasteiger partial charge in [-0.3, -0.25) is 14.6 Å². The second-order valence-electron chi connectivity index (χ2n) is 7.49. The number of anilines is 1. The first-order valence-corrected chi connectivity index (χ1v) is 12.8. The third kappa shape index (κ3) is 6.20. The molecule has 170 valence electrons. The number of thiazole rings is 1. The molecule has 2 aromatic carbocycles. The smallest absolute Gasteiger partial charge is 0.229 e. The van der Waals surface area contributed by atoms with Crippen LogP contribution in [0.2, 0.25) is 5.02 Å². The van der Waals surface area contributed by atoms with Gasteiger partial charge in [-0.2, -0.15) is 0 Å². The van der Waals surface area contributed by atoms with E-state index in [1.165, 1.54) is 17.4 Å². The van der Waals surface area contributed by atoms with Crippen LogP contribution in [0.4, 0.5) is 9.52 Å². The van der Waals surface area contributed by atoms with Gasteiger partial charge in [-0.05, 0) is 42.8 Å². The van der Waals surface area contributed by atoms with Crippen LogP contribution in [0.5, 0.6) is 0 Å². The molecule has 5 nitrogen and oxygen atoms in total. The predicted molar refractivity (Wildman–Crippen MR) is 131 cm³/mol. The first-order chi connectivity index (χ1) is 15.6. The highest BCUT2D eigenvalue weighted by Gasteiger charge is 2.21. The fourth-order valence-electron chi connectivity index (χ4n) is 3.54. The van der Waals surface area contributed by atoms with Crippen LogP contribution >= 0.6 is 34.7 Å². The summed E-state index contributed by atoms with van der Waals surface area (Å²) in [6.45, 7) is 4.79. The molecule has 1 aliphatic heterocycles. The molecule has 1 amide bonds. The van der Waals surface area contributed by atoms with Gasteiger partial charge in [-0.1, -0.05) is 29.0 Å². The van der Waals surface area contributed by atoms with Gasteiger partial charge in [0.15, 0.2) is 5.13 Å². The zero-order valence-corrected chi connectivity index (χ0v) is 20.0. The lowest BCUT2D eigenvalue weighted by atomic mass is 10.3. The van der Waals surface area contributed by atoms with E-state index >= 15 is 0 Å². The van der Waals surface area contributed by atoms with Crippen molar-refractivity contribution in [2.45, 2.75) is 17.7 Å². The van der Waals surface area contributed by atoms with E-state index in [0.717, 1.165) is 48.9 Å². The zero-order chi connectivity index (χ0) is 22.3. The molecule has 0 bridgehead atoms. The summed E-state index contributed by atoms with van der Waals surface area (Å²) in [4.78, 5) is 22.8. The first-order valence-electron chi connectivity index (χ1n) is 10.6. The number of carbonyl (C=O) groups excluding carboxylic acids is 1. The maximum absolute atomic E-state index is 14.2. The van der Waals surface area contributed by atoms with Crippen molar-refractivity contribution in [3.05, 3.63) is 53.3 Å². The highest BCUT2D eigenvalue weighted by atomic mass is 35.5. The van der Waals surface area contributed by atoms with Crippen molar-refractivity contribution in [3.8, 4) is 0 Å². The van der Waals surface area contributed by atoms with E-state index in [1.54, 1.807) is 22.7 Å². The van der Waals surface area contributed by atoms with Crippen LogP contribution in [0, 0.1) is 5.82 Å². The maximum atomic E-state index is 14.2. The molecule has 1 fully saturated rings. The molecule has 0 spiro atoms. The summed E-state index contributed by atoms with van der Waals surface area (Å²) < 4.78 is 20.3. The lowest BCUT2D eigenvalue weighted by Gasteiger charge is -2.27. The second kappa shape index (κ2) is 11.4. The molecule has 3 aromatic rings. The third-order valence-electron chi connectivity index (χ3n) is 5.25. The van der Waals surface area contributed by atoms with E-state index < -0.39 is 0 Å². The Morgan fingerprint density at radius 2 is 2.00 bits per heavy atom. The SMILES string of the molecule is O=C(CCSc1ccc(Cl)cc1)N(CCCN1CCOCC1)c1nc2c(F)cccc2s1. The van der Waals surface area contributed by atoms with E-state index in [2.05, 4.69) is 9.88 Å². The van der Waals surface area contributed by atoms with E-state index in [4.69, 9.17) is 16.3 Å². The van der Waals surface area contributed by atoms with Gasteiger partial charge in [-0.15, -0.1) is 11.8 Å². The number of fused-ring (bicyclic) bond motifs is 1. The highest BCUT2D eigenvalue weighted by Crippen LogP contribution is 2.31. The fourth-order valence-corrected chi connectivity index (χ4v) is 5.54. The lowest BCUT2D eigenvalue weighted by Crippen LogP contribution is -2.39. The summed E-state index contributed by atoms with van der Waals surface area (Å²) >= 11 is 8.92. The number of benzene rings is 2. The summed E-state index contributed by atoms with van der Waals surface area (Å²) in [5.74, 6) is 0.302. The van der Waals surface area contributed by atoms with Crippen LogP contribution in [0.3, 0.4) is 0 Å². The number of halogens is 2. The molecule has 0 atom stereocenters. The molecule has 0 unspecified atom stereocenters. The summed E-state index contributed by atoms with van der Waals surface area (Å²) in [6, 6.07) is 12.5. The average molecular weight is 494 g/mol. The van der Waals surface area contributed by atoms with E-state index in [1.807, 2.05) is 30.3 Å². The summed E-state index contributed by atoms with van der Waals surface area (Å²) in [6.07, 6.45) is 1.21. The standard InChI is InChI=1S/C23H25ClFN3O2S2/c24-17-5-7-18(8-6-17)31-16-9-21(29)28(11-2-10-27-12-14-30-15-13-27)23-26-22-19(25)3-1-4-20(22)32-23/h1,3-8H,2,9-16H2. The van der Waals surface area contributed by atoms with Crippen LogP contribution in [0.15, 0.2) is 47.4 Å². The Morgan fingerprint density at radius 3 is 2.75 bits per heavy atom. The molecule has 9 heteroatoms. The molecule has 0 radical (unpaired) electrons. The van der Waals surface area contributed by atoms with Crippen molar-refractivity contribution in [1.82, 2.24) is 9.88 Å². The van der Waals surface area contributed by atoms with Gasteiger partial charge in [0.2, 0.25) is 5.91 Å². The number of carbonyl (C=O) groups is 1. The second-order valence-corrected chi connectivity index (χ2v) is 10.1. The molecule has 1 saturated heterocycles. The molecule has 32 heavy (non-hydrogen) atoms. The molecule has 4 rings (SSSR count). The zero-order valence-electron chi connectivity index (χ0n) is 17.6. The van der Waals surface area contributed by atoms with Crippen molar-refractivity contribution in [2.75, 3.05) is 50.0 Å². The molecular formula is C23H25ClFN3O2S2. The van der Waals surface area contributed by atoms with Crippen LogP contribution < -0.4 is 4.90 Å². The molecule has 0 aliphatic carbocycles. The number of aromatic nitrogens is 1. The molecular weight excluding hydrogens is 469 g/mol. The van der Waals surface area contributed by atoms with Crippen molar-refractivity contribution in [2.24, 2.45) is 0 Å². The lowest BCUT2D eigenvalue weighted by molar-refractivity contribution is -0.118. The molecule has 1 aliphatic rings. The first kappa shape index (κ1) is 23.4. The topological polar surface area (TPSA) is 45.7 Å². The number of para-hydroxylation sites is 1. The Kier molecular flexibility index (Phi) is 8.37. The van der Waals surface area contributed by atoms with Crippen molar-refractivity contribution < 1.29 is 13.9 Å². The van der Waals surface area contributed by atoms with Gasteiger partial charge in [0, 0.05) is 48.3 Å².